The number of hydrogen-bond donors (Lipinski definition) is 2. The molecule has 1 heterocycles. The van der Waals surface area contributed by atoms with Crippen molar-refractivity contribution in [2.24, 2.45) is 0 Å². The molecule has 2 rings (SSSR count). The molecule has 0 radical (unpaired) electrons. The number of sulfonamides is 1. The van der Waals surface area contributed by atoms with Crippen LogP contribution in [0.5, 0.6) is 5.75 Å². The fourth-order valence-electron chi connectivity index (χ4n) is 1.57. The second kappa shape index (κ2) is 5.37. The minimum absolute atomic E-state index is 0.00932. The summed E-state index contributed by atoms with van der Waals surface area (Å²) in [5, 5.41) is 16.8. The van der Waals surface area contributed by atoms with Crippen molar-refractivity contribution in [3.63, 3.8) is 0 Å². The topological polar surface area (TPSA) is 97.1 Å². The number of hydrogen-bond acceptors (Lipinski definition) is 5. The highest BCUT2D eigenvalue weighted by molar-refractivity contribution is 7.89. The van der Waals surface area contributed by atoms with E-state index in [1.165, 1.54) is 30.6 Å². The zero-order valence-electron chi connectivity index (χ0n) is 10.3. The van der Waals surface area contributed by atoms with E-state index in [-0.39, 0.29) is 17.2 Å². The maximum Gasteiger partial charge on any atom is 0.241 e. The normalized spacial score (nSPS) is 11.6. The van der Waals surface area contributed by atoms with Crippen LogP contribution < -0.4 is 4.72 Å². The van der Waals surface area contributed by atoms with Gasteiger partial charge in [-0.05, 0) is 25.1 Å². The van der Waals surface area contributed by atoms with Crippen molar-refractivity contribution < 1.29 is 13.5 Å². The van der Waals surface area contributed by atoms with Crippen LogP contribution in [0, 0.1) is 0 Å². The van der Waals surface area contributed by atoms with E-state index >= 15 is 0 Å². The fourth-order valence-corrected chi connectivity index (χ4v) is 2.59. The third-order valence-electron chi connectivity index (χ3n) is 2.58. The molecule has 102 valence electrons. The van der Waals surface area contributed by atoms with Crippen LogP contribution >= 0.6 is 0 Å². The summed E-state index contributed by atoms with van der Waals surface area (Å²) in [7, 11) is -3.67. The van der Waals surface area contributed by atoms with E-state index in [0.29, 0.717) is 12.4 Å². The largest absolute Gasteiger partial charge is 0.508 e. The van der Waals surface area contributed by atoms with Crippen LogP contribution in [-0.2, 0) is 23.1 Å². The fraction of sp³-hybridized carbons (Fsp3) is 0.273. The van der Waals surface area contributed by atoms with Gasteiger partial charge in [-0.15, -0.1) is 10.2 Å². The first-order chi connectivity index (χ1) is 9.03. The molecule has 8 heteroatoms. The minimum Gasteiger partial charge on any atom is -0.508 e. The molecule has 0 bridgehead atoms. The molecule has 0 amide bonds. The summed E-state index contributed by atoms with van der Waals surface area (Å²) in [5.74, 6) is 0.436. The predicted octanol–water partition coefficient (Wildman–Crippen LogP) is 0.482. The molecule has 0 fully saturated rings. The Morgan fingerprint density at radius 3 is 2.89 bits per heavy atom. The van der Waals surface area contributed by atoms with Crippen molar-refractivity contribution >= 4 is 10.0 Å². The zero-order valence-corrected chi connectivity index (χ0v) is 11.1. The number of aryl methyl sites for hydroxylation is 1. The number of phenolic OH excluding ortho intramolecular Hbond substituents is 1. The van der Waals surface area contributed by atoms with E-state index in [2.05, 4.69) is 14.9 Å². The van der Waals surface area contributed by atoms with E-state index in [1.54, 1.807) is 4.57 Å². The van der Waals surface area contributed by atoms with Gasteiger partial charge in [0.2, 0.25) is 10.0 Å². The lowest BCUT2D eigenvalue weighted by Gasteiger charge is -2.07. The summed E-state index contributed by atoms with van der Waals surface area (Å²) in [4.78, 5) is 0.00932. The van der Waals surface area contributed by atoms with Gasteiger partial charge in [-0.25, -0.2) is 13.1 Å². The van der Waals surface area contributed by atoms with Gasteiger partial charge in [0.15, 0.2) is 0 Å². The van der Waals surface area contributed by atoms with Crippen molar-refractivity contribution in [1.82, 2.24) is 19.5 Å². The average Bonchev–Trinajstić information content (AvgIpc) is 2.84. The maximum absolute atomic E-state index is 12.0. The van der Waals surface area contributed by atoms with Crippen molar-refractivity contribution in [3.05, 3.63) is 36.4 Å². The molecule has 0 saturated heterocycles. The second-order valence-corrected chi connectivity index (χ2v) is 5.62. The molecule has 0 unspecified atom stereocenters. The van der Waals surface area contributed by atoms with Gasteiger partial charge in [-0.3, -0.25) is 0 Å². The molecule has 2 aromatic rings. The number of nitrogens with one attached hydrogen (secondary N) is 1. The smallest absolute Gasteiger partial charge is 0.241 e. The van der Waals surface area contributed by atoms with Gasteiger partial charge in [0.25, 0.3) is 0 Å². The van der Waals surface area contributed by atoms with Gasteiger partial charge in [0, 0.05) is 6.54 Å². The maximum atomic E-state index is 12.0. The average molecular weight is 282 g/mol. The molecule has 0 saturated carbocycles. The minimum atomic E-state index is -3.67. The molecule has 7 nitrogen and oxygen atoms in total. The second-order valence-electron chi connectivity index (χ2n) is 3.86. The number of aromatic nitrogens is 3. The highest BCUT2D eigenvalue weighted by atomic mass is 32.2. The summed E-state index contributed by atoms with van der Waals surface area (Å²) < 4.78 is 28.2. The van der Waals surface area contributed by atoms with Crippen molar-refractivity contribution in [1.29, 1.82) is 0 Å². The third-order valence-corrected chi connectivity index (χ3v) is 3.98. The first kappa shape index (κ1) is 13.5. The molecule has 0 aliphatic rings. The summed E-state index contributed by atoms with van der Waals surface area (Å²) in [6.45, 7) is 2.62. The lowest BCUT2D eigenvalue weighted by atomic mass is 10.3. The van der Waals surface area contributed by atoms with E-state index < -0.39 is 10.0 Å². The summed E-state index contributed by atoms with van der Waals surface area (Å²) in [6.07, 6.45) is 1.54. The van der Waals surface area contributed by atoms with Gasteiger partial charge in [-0.1, -0.05) is 6.07 Å². The van der Waals surface area contributed by atoms with Gasteiger partial charge < -0.3 is 9.67 Å². The van der Waals surface area contributed by atoms with Crippen molar-refractivity contribution in [2.75, 3.05) is 0 Å². The van der Waals surface area contributed by atoms with E-state index in [4.69, 9.17) is 0 Å². The predicted molar refractivity (Wildman–Crippen MR) is 67.8 cm³/mol. The molecule has 2 N–H and O–H groups in total. The Morgan fingerprint density at radius 2 is 2.21 bits per heavy atom. The lowest BCUT2D eigenvalue weighted by molar-refractivity contribution is 0.473. The first-order valence-electron chi connectivity index (χ1n) is 5.68. The van der Waals surface area contributed by atoms with Gasteiger partial charge in [-0.2, -0.15) is 0 Å². The van der Waals surface area contributed by atoms with Crippen LogP contribution in [0.15, 0.2) is 35.5 Å². The van der Waals surface area contributed by atoms with Crippen LogP contribution in [0.4, 0.5) is 0 Å². The SMILES string of the molecule is CCn1cnnc1CNS(=O)(=O)c1cccc(O)c1. The Kier molecular flexibility index (Phi) is 3.82. The summed E-state index contributed by atoms with van der Waals surface area (Å²) in [5.41, 5.74) is 0. The Hall–Kier alpha value is -1.93. The van der Waals surface area contributed by atoms with E-state index in [1.807, 2.05) is 6.92 Å². The van der Waals surface area contributed by atoms with Crippen LogP contribution in [-0.4, -0.2) is 28.3 Å². The molecule has 1 aromatic carbocycles. The third kappa shape index (κ3) is 3.09. The molecular formula is C11H14N4O3S. The van der Waals surface area contributed by atoms with Gasteiger partial charge in [0.05, 0.1) is 11.4 Å². The Balaban J connectivity index is 2.14. The van der Waals surface area contributed by atoms with Gasteiger partial charge in [0.1, 0.15) is 17.9 Å². The quantitative estimate of drug-likeness (QED) is 0.831. The molecule has 0 aliphatic heterocycles. The molecular weight excluding hydrogens is 268 g/mol. The number of nitrogens with zero attached hydrogens (tertiary/aromatic N) is 3. The molecule has 19 heavy (non-hydrogen) atoms. The Bertz CT molecular complexity index is 666. The van der Waals surface area contributed by atoms with E-state index in [9.17, 15) is 13.5 Å². The van der Waals surface area contributed by atoms with Gasteiger partial charge >= 0.3 is 0 Å². The molecule has 0 atom stereocenters. The molecule has 1 aromatic heterocycles. The summed E-state index contributed by atoms with van der Waals surface area (Å²) >= 11 is 0. The first-order valence-corrected chi connectivity index (χ1v) is 7.16. The summed E-state index contributed by atoms with van der Waals surface area (Å²) in [6, 6.07) is 5.48. The highest BCUT2D eigenvalue weighted by Crippen LogP contribution is 2.15. The lowest BCUT2D eigenvalue weighted by Crippen LogP contribution is -2.25. The highest BCUT2D eigenvalue weighted by Gasteiger charge is 2.15. The number of benzene rings is 1. The number of aromatic hydroxyl groups is 1. The Morgan fingerprint density at radius 1 is 1.42 bits per heavy atom. The standard InChI is InChI=1S/C11H14N4O3S/c1-2-15-8-12-14-11(15)7-13-19(17,18)10-5-3-4-9(16)6-10/h3-6,8,13,16H,2,7H2,1H3. The molecule has 0 aliphatic carbocycles. The van der Waals surface area contributed by atoms with Crippen molar-refractivity contribution in [2.45, 2.75) is 24.9 Å². The van der Waals surface area contributed by atoms with Crippen LogP contribution in [0.1, 0.15) is 12.7 Å². The monoisotopic (exact) mass is 282 g/mol. The van der Waals surface area contributed by atoms with Crippen LogP contribution in [0.2, 0.25) is 0 Å². The van der Waals surface area contributed by atoms with Crippen LogP contribution in [0.3, 0.4) is 0 Å². The van der Waals surface area contributed by atoms with Crippen LogP contribution in [0.25, 0.3) is 0 Å². The van der Waals surface area contributed by atoms with Crippen molar-refractivity contribution in [3.8, 4) is 5.75 Å². The zero-order chi connectivity index (χ0) is 13.9. The number of phenols is 1. The molecule has 0 spiro atoms. The Labute approximate surface area is 111 Å². The number of rotatable bonds is 5. The van der Waals surface area contributed by atoms with E-state index in [0.717, 1.165) is 0 Å².